The summed E-state index contributed by atoms with van der Waals surface area (Å²) in [4.78, 5) is 31.6. The number of aromatic nitrogens is 2. The van der Waals surface area contributed by atoms with Gasteiger partial charge in [-0.2, -0.15) is 0 Å². The quantitative estimate of drug-likeness (QED) is 0.556. The first kappa shape index (κ1) is 21.1. The summed E-state index contributed by atoms with van der Waals surface area (Å²) in [6.07, 6.45) is 9.53. The van der Waals surface area contributed by atoms with Gasteiger partial charge in [0.05, 0.1) is 11.4 Å². The van der Waals surface area contributed by atoms with E-state index >= 15 is 0 Å². The summed E-state index contributed by atoms with van der Waals surface area (Å²) in [6, 6.07) is 15.6. The summed E-state index contributed by atoms with van der Waals surface area (Å²) in [5, 5.41) is 10.8. The maximum Gasteiger partial charge on any atom is 0.335 e. The summed E-state index contributed by atoms with van der Waals surface area (Å²) < 4.78 is 1.11. The van der Waals surface area contributed by atoms with Crippen LogP contribution in [0, 0.1) is 24.7 Å². The van der Waals surface area contributed by atoms with Gasteiger partial charge in [0, 0.05) is 6.21 Å². The van der Waals surface area contributed by atoms with Crippen LogP contribution in [0.5, 0.6) is 5.88 Å². The third kappa shape index (κ3) is 3.44. The van der Waals surface area contributed by atoms with Crippen molar-refractivity contribution >= 4 is 11.9 Å². The van der Waals surface area contributed by atoms with E-state index in [-0.39, 0.29) is 5.56 Å². The molecule has 4 aliphatic carbocycles. The molecule has 2 aromatic carbocycles. The molecule has 1 heterocycles. The Morgan fingerprint density at radius 1 is 0.971 bits per heavy atom. The summed E-state index contributed by atoms with van der Waals surface area (Å²) >= 11 is 0. The number of para-hydroxylation sites is 1. The fourth-order valence-corrected chi connectivity index (χ4v) is 7.20. The standard InChI is InChI=1S/C28H29N3O3/c1-17-4-2-3-5-24(17)31-26(33)23(25(32)30-27(31)34)16-29-22-8-6-21(7-9-22)28-13-18-10-19(14-28)12-20(11-18)15-28/h2-9,16,18-20,33H,10-15H2,1H3,(H,30,32,34). The normalized spacial score (nSPS) is 27.5. The van der Waals surface area contributed by atoms with Crippen molar-refractivity contribution in [2.45, 2.75) is 50.9 Å². The van der Waals surface area contributed by atoms with Crippen molar-refractivity contribution in [1.82, 2.24) is 9.55 Å². The van der Waals surface area contributed by atoms with Crippen molar-refractivity contribution in [1.29, 1.82) is 0 Å². The van der Waals surface area contributed by atoms with Crippen LogP contribution in [0.25, 0.3) is 5.69 Å². The van der Waals surface area contributed by atoms with E-state index in [1.165, 1.54) is 50.3 Å². The Morgan fingerprint density at radius 2 is 1.59 bits per heavy atom. The molecule has 0 radical (unpaired) electrons. The topological polar surface area (TPSA) is 87.4 Å². The highest BCUT2D eigenvalue weighted by molar-refractivity contribution is 5.84. The smallest absolute Gasteiger partial charge is 0.335 e. The molecular formula is C28H29N3O3. The van der Waals surface area contributed by atoms with Gasteiger partial charge in [0.15, 0.2) is 0 Å². The van der Waals surface area contributed by atoms with Crippen molar-refractivity contribution in [3.05, 3.63) is 86.1 Å². The van der Waals surface area contributed by atoms with E-state index < -0.39 is 17.1 Å². The van der Waals surface area contributed by atoms with E-state index in [0.29, 0.717) is 16.8 Å². The van der Waals surface area contributed by atoms with Crippen molar-refractivity contribution < 1.29 is 5.11 Å². The average molecular weight is 456 g/mol. The molecule has 6 nitrogen and oxygen atoms in total. The highest BCUT2D eigenvalue weighted by Gasteiger charge is 2.51. The Bertz CT molecular complexity index is 1360. The second kappa shape index (κ2) is 7.83. The van der Waals surface area contributed by atoms with Gasteiger partial charge in [-0.05, 0) is 97.9 Å². The first-order valence-electron chi connectivity index (χ1n) is 12.2. The molecule has 7 rings (SSSR count). The molecule has 0 aliphatic heterocycles. The number of aromatic hydroxyl groups is 1. The van der Waals surface area contributed by atoms with E-state index in [1.54, 1.807) is 12.1 Å². The Hall–Kier alpha value is -3.41. The Morgan fingerprint density at radius 3 is 2.21 bits per heavy atom. The molecule has 0 atom stereocenters. The molecule has 4 saturated carbocycles. The second-order valence-corrected chi connectivity index (χ2v) is 10.6. The third-order valence-corrected chi connectivity index (χ3v) is 8.34. The van der Waals surface area contributed by atoms with Crippen LogP contribution < -0.4 is 11.2 Å². The van der Waals surface area contributed by atoms with Crippen molar-refractivity contribution in [2.24, 2.45) is 22.7 Å². The minimum Gasteiger partial charge on any atom is -0.493 e. The summed E-state index contributed by atoms with van der Waals surface area (Å²) in [7, 11) is 0. The number of nitrogens with one attached hydrogen (secondary N) is 1. The summed E-state index contributed by atoms with van der Waals surface area (Å²) in [6.45, 7) is 1.84. The molecule has 0 spiro atoms. The van der Waals surface area contributed by atoms with Gasteiger partial charge in [0.25, 0.3) is 5.56 Å². The van der Waals surface area contributed by atoms with Gasteiger partial charge in [0.2, 0.25) is 5.88 Å². The summed E-state index contributed by atoms with van der Waals surface area (Å²) in [5.74, 6) is 2.25. The lowest BCUT2D eigenvalue weighted by molar-refractivity contribution is -0.00518. The van der Waals surface area contributed by atoms with Crippen LogP contribution in [0.4, 0.5) is 5.69 Å². The molecule has 34 heavy (non-hydrogen) atoms. The van der Waals surface area contributed by atoms with Crippen LogP contribution in [0.1, 0.15) is 55.2 Å². The molecule has 4 aliphatic rings. The lowest BCUT2D eigenvalue weighted by Gasteiger charge is -2.57. The number of nitrogens with zero attached hydrogens (tertiary/aromatic N) is 2. The van der Waals surface area contributed by atoms with E-state index in [9.17, 15) is 14.7 Å². The third-order valence-electron chi connectivity index (χ3n) is 8.34. The number of aryl methyl sites for hydroxylation is 1. The minimum atomic E-state index is -0.686. The molecule has 0 saturated heterocycles. The van der Waals surface area contributed by atoms with Gasteiger partial charge in [-0.15, -0.1) is 0 Å². The zero-order valence-corrected chi connectivity index (χ0v) is 19.3. The first-order chi connectivity index (χ1) is 16.4. The number of hydrogen-bond acceptors (Lipinski definition) is 4. The zero-order valence-electron chi connectivity index (χ0n) is 19.3. The van der Waals surface area contributed by atoms with Crippen LogP contribution in [0.2, 0.25) is 0 Å². The van der Waals surface area contributed by atoms with Gasteiger partial charge in [0.1, 0.15) is 5.56 Å². The fourth-order valence-electron chi connectivity index (χ4n) is 7.20. The largest absolute Gasteiger partial charge is 0.493 e. The highest BCUT2D eigenvalue weighted by atomic mass is 16.3. The number of benzene rings is 2. The number of aliphatic imine (C=N–C) groups is 1. The molecule has 4 bridgehead atoms. The van der Waals surface area contributed by atoms with E-state index in [0.717, 1.165) is 27.9 Å². The Kier molecular flexibility index (Phi) is 4.87. The average Bonchev–Trinajstić information content (AvgIpc) is 2.79. The van der Waals surface area contributed by atoms with Gasteiger partial charge >= 0.3 is 5.69 Å². The lowest BCUT2D eigenvalue weighted by Crippen LogP contribution is -2.48. The second-order valence-electron chi connectivity index (χ2n) is 10.6. The van der Waals surface area contributed by atoms with E-state index in [4.69, 9.17) is 0 Å². The van der Waals surface area contributed by atoms with Crippen LogP contribution in [-0.4, -0.2) is 20.9 Å². The van der Waals surface area contributed by atoms with Gasteiger partial charge in [-0.1, -0.05) is 30.3 Å². The van der Waals surface area contributed by atoms with Crippen molar-refractivity contribution in [3.8, 4) is 11.6 Å². The maximum absolute atomic E-state index is 12.4. The minimum absolute atomic E-state index is 0.0481. The monoisotopic (exact) mass is 455 g/mol. The molecule has 0 unspecified atom stereocenters. The molecule has 4 fully saturated rings. The molecule has 1 aromatic heterocycles. The van der Waals surface area contributed by atoms with Gasteiger partial charge in [-0.25, -0.2) is 9.36 Å². The van der Waals surface area contributed by atoms with E-state index in [2.05, 4.69) is 22.1 Å². The Labute approximate surface area is 198 Å². The Balaban J connectivity index is 1.30. The SMILES string of the molecule is Cc1ccccc1-n1c(O)c(C=Nc2ccc(C34CC5CC(CC(C5)C3)C4)cc2)c(=O)[nH]c1=O. The molecule has 174 valence electrons. The number of H-pyrrole nitrogens is 1. The first-order valence-corrected chi connectivity index (χ1v) is 12.2. The predicted molar refractivity (Wildman–Crippen MR) is 133 cm³/mol. The van der Waals surface area contributed by atoms with Gasteiger partial charge < -0.3 is 5.11 Å². The van der Waals surface area contributed by atoms with E-state index in [1.807, 2.05) is 31.2 Å². The van der Waals surface area contributed by atoms with Crippen LogP contribution in [0.15, 0.2) is 63.1 Å². The van der Waals surface area contributed by atoms with Crippen LogP contribution >= 0.6 is 0 Å². The molecule has 3 aromatic rings. The van der Waals surface area contributed by atoms with Crippen molar-refractivity contribution in [3.63, 3.8) is 0 Å². The fraction of sp³-hybridized carbons (Fsp3) is 0.393. The van der Waals surface area contributed by atoms with Gasteiger partial charge in [-0.3, -0.25) is 14.8 Å². The zero-order chi connectivity index (χ0) is 23.4. The molecule has 6 heteroatoms. The lowest BCUT2D eigenvalue weighted by atomic mass is 9.48. The maximum atomic E-state index is 12.4. The predicted octanol–water partition coefficient (Wildman–Crippen LogP) is 4.76. The number of aromatic amines is 1. The molecular weight excluding hydrogens is 426 g/mol. The molecule has 0 amide bonds. The highest BCUT2D eigenvalue weighted by Crippen LogP contribution is 2.60. The van der Waals surface area contributed by atoms with Crippen LogP contribution in [0.3, 0.4) is 0 Å². The van der Waals surface area contributed by atoms with Crippen molar-refractivity contribution in [2.75, 3.05) is 0 Å². The number of rotatable bonds is 4. The molecule has 2 N–H and O–H groups in total. The summed E-state index contributed by atoms with van der Waals surface area (Å²) in [5.41, 5.74) is 2.37. The number of hydrogen-bond donors (Lipinski definition) is 2. The van der Waals surface area contributed by atoms with Crippen LogP contribution in [-0.2, 0) is 5.41 Å².